The Morgan fingerprint density at radius 1 is 1.22 bits per heavy atom. The normalized spacial score (nSPS) is 20.2. The van der Waals surface area contributed by atoms with E-state index >= 15 is 0 Å². The van der Waals surface area contributed by atoms with Crippen molar-refractivity contribution in [1.29, 1.82) is 0 Å². The minimum Gasteiger partial charge on any atom is -0.496 e. The number of rotatable bonds is 8. The number of fused-ring (bicyclic) bond motifs is 1. The Hall–Kier alpha value is -3.13. The number of furan rings is 1. The molecule has 0 spiro atoms. The van der Waals surface area contributed by atoms with Crippen molar-refractivity contribution in [2.75, 3.05) is 39.9 Å². The first-order valence-electron chi connectivity index (χ1n) is 12.7. The van der Waals surface area contributed by atoms with E-state index in [0.29, 0.717) is 25.0 Å². The van der Waals surface area contributed by atoms with E-state index in [9.17, 15) is 9.90 Å². The summed E-state index contributed by atoms with van der Waals surface area (Å²) in [6.07, 6.45) is 7.61. The van der Waals surface area contributed by atoms with Crippen LogP contribution in [-0.4, -0.2) is 61.9 Å². The topological polar surface area (TPSA) is 84.2 Å². The summed E-state index contributed by atoms with van der Waals surface area (Å²) < 4.78 is 16.8. The van der Waals surface area contributed by atoms with Gasteiger partial charge < -0.3 is 24.3 Å². The maximum absolute atomic E-state index is 12.5. The SMILES string of the molecule is COc1ccccc1/C=C/CN1CCC(O)(c2ccc3oc(C(=O)NC[C@@H]4CCCO4)cc3c2)CC1. The highest BCUT2D eigenvalue weighted by Gasteiger charge is 2.34. The number of ether oxygens (including phenoxy) is 2. The first-order chi connectivity index (χ1) is 17.5. The Labute approximate surface area is 211 Å². The molecule has 0 unspecified atom stereocenters. The summed E-state index contributed by atoms with van der Waals surface area (Å²) >= 11 is 0. The van der Waals surface area contributed by atoms with Crippen molar-refractivity contribution in [3.63, 3.8) is 0 Å². The highest BCUT2D eigenvalue weighted by Crippen LogP contribution is 2.35. The molecule has 0 saturated carbocycles. The Kier molecular flexibility index (Phi) is 7.41. The van der Waals surface area contributed by atoms with Gasteiger partial charge in [0.1, 0.15) is 11.3 Å². The van der Waals surface area contributed by atoms with Gasteiger partial charge in [0.2, 0.25) is 0 Å². The van der Waals surface area contributed by atoms with Gasteiger partial charge >= 0.3 is 0 Å². The van der Waals surface area contributed by atoms with Gasteiger partial charge in [0.05, 0.1) is 18.8 Å². The molecule has 1 aromatic heterocycles. The zero-order chi connectivity index (χ0) is 25.0. The highest BCUT2D eigenvalue weighted by atomic mass is 16.5. The lowest BCUT2D eigenvalue weighted by Crippen LogP contribution is -2.42. The van der Waals surface area contributed by atoms with E-state index in [1.807, 2.05) is 42.5 Å². The fraction of sp³-hybridized carbons (Fsp3) is 0.414. The first-order valence-corrected chi connectivity index (χ1v) is 12.7. The number of methoxy groups -OCH3 is 1. The van der Waals surface area contributed by atoms with Crippen LogP contribution in [0, 0.1) is 0 Å². The Morgan fingerprint density at radius 2 is 2.06 bits per heavy atom. The lowest BCUT2D eigenvalue weighted by atomic mass is 9.84. The van der Waals surface area contributed by atoms with Crippen LogP contribution in [0.25, 0.3) is 17.0 Å². The first kappa shape index (κ1) is 24.6. The molecule has 2 N–H and O–H groups in total. The molecule has 0 aliphatic carbocycles. The number of hydrogen-bond acceptors (Lipinski definition) is 6. The fourth-order valence-corrected chi connectivity index (χ4v) is 5.07. The van der Waals surface area contributed by atoms with E-state index < -0.39 is 5.60 Å². The molecule has 1 amide bonds. The van der Waals surface area contributed by atoms with Gasteiger partial charge in [-0.1, -0.05) is 36.4 Å². The standard InChI is InChI=1S/C29H34N2O5/c1-34-25-9-3-2-6-21(25)7-4-14-31-15-12-29(33,13-16-31)23-10-11-26-22(18-23)19-27(36-26)28(32)30-20-24-8-5-17-35-24/h2-4,6-7,9-11,18-19,24,33H,5,8,12-17,20H2,1H3,(H,30,32)/b7-4+/t24-/m0/s1. The van der Waals surface area contributed by atoms with Crippen LogP contribution in [0.2, 0.25) is 0 Å². The summed E-state index contributed by atoms with van der Waals surface area (Å²) in [5, 5.41) is 15.2. The minimum absolute atomic E-state index is 0.0849. The van der Waals surface area contributed by atoms with Crippen LogP contribution < -0.4 is 10.1 Å². The molecule has 2 aliphatic heterocycles. The van der Waals surface area contributed by atoms with Gasteiger partial charge in [0, 0.05) is 43.7 Å². The number of carbonyl (C=O) groups excluding carboxylic acids is 1. The van der Waals surface area contributed by atoms with Crippen LogP contribution in [0.5, 0.6) is 5.75 Å². The molecule has 2 aromatic carbocycles. The van der Waals surface area contributed by atoms with Gasteiger partial charge in [0.15, 0.2) is 5.76 Å². The number of hydrogen-bond donors (Lipinski definition) is 2. The van der Waals surface area contributed by atoms with E-state index in [4.69, 9.17) is 13.9 Å². The second kappa shape index (κ2) is 10.9. The van der Waals surface area contributed by atoms with Gasteiger partial charge in [-0.3, -0.25) is 9.69 Å². The van der Waals surface area contributed by atoms with E-state index in [1.54, 1.807) is 13.2 Å². The second-order valence-corrected chi connectivity index (χ2v) is 9.68. The van der Waals surface area contributed by atoms with Crippen molar-refractivity contribution in [2.24, 2.45) is 0 Å². The molecule has 36 heavy (non-hydrogen) atoms. The summed E-state index contributed by atoms with van der Waals surface area (Å²) in [5.41, 5.74) is 1.67. The lowest BCUT2D eigenvalue weighted by molar-refractivity contribution is -0.0232. The molecule has 7 heteroatoms. The summed E-state index contributed by atoms with van der Waals surface area (Å²) in [6, 6.07) is 15.4. The molecule has 0 bridgehead atoms. The van der Waals surface area contributed by atoms with Crippen molar-refractivity contribution in [3.05, 3.63) is 71.5 Å². The molecular formula is C29H34N2O5. The predicted molar refractivity (Wildman–Crippen MR) is 139 cm³/mol. The summed E-state index contributed by atoms with van der Waals surface area (Å²) in [6.45, 7) is 3.67. The van der Waals surface area contributed by atoms with Crippen molar-refractivity contribution in [1.82, 2.24) is 10.2 Å². The highest BCUT2D eigenvalue weighted by molar-refractivity contribution is 5.96. The molecule has 3 aromatic rings. The third-order valence-electron chi connectivity index (χ3n) is 7.27. The summed E-state index contributed by atoms with van der Waals surface area (Å²) in [7, 11) is 1.68. The van der Waals surface area contributed by atoms with Gasteiger partial charge in [-0.2, -0.15) is 0 Å². The number of aliphatic hydroxyl groups is 1. The number of nitrogens with zero attached hydrogens (tertiary/aromatic N) is 1. The monoisotopic (exact) mass is 490 g/mol. The summed E-state index contributed by atoms with van der Waals surface area (Å²) in [4.78, 5) is 14.9. The Bertz CT molecular complexity index is 1220. The second-order valence-electron chi connectivity index (χ2n) is 9.68. The smallest absolute Gasteiger partial charge is 0.287 e. The van der Waals surface area contributed by atoms with E-state index in [2.05, 4.69) is 22.4 Å². The van der Waals surface area contributed by atoms with Gasteiger partial charge in [-0.05, 0) is 55.5 Å². The zero-order valence-electron chi connectivity index (χ0n) is 20.7. The molecule has 1 atom stereocenters. The molecule has 3 heterocycles. The number of piperidine rings is 1. The predicted octanol–water partition coefficient (Wildman–Crippen LogP) is 4.35. The third-order valence-corrected chi connectivity index (χ3v) is 7.27. The largest absolute Gasteiger partial charge is 0.496 e. The maximum Gasteiger partial charge on any atom is 0.287 e. The molecule has 7 nitrogen and oxygen atoms in total. The Balaban J connectivity index is 1.18. The molecular weight excluding hydrogens is 456 g/mol. The number of carbonyl (C=O) groups is 1. The van der Waals surface area contributed by atoms with E-state index in [1.165, 1.54) is 0 Å². The third kappa shape index (κ3) is 5.48. The number of nitrogens with one attached hydrogen (secondary N) is 1. The average molecular weight is 491 g/mol. The molecule has 5 rings (SSSR count). The molecule has 2 aliphatic rings. The Morgan fingerprint density at radius 3 is 2.83 bits per heavy atom. The van der Waals surface area contributed by atoms with Crippen LogP contribution in [0.15, 0.2) is 59.0 Å². The summed E-state index contributed by atoms with van der Waals surface area (Å²) in [5.74, 6) is 0.903. The van der Waals surface area contributed by atoms with Crippen LogP contribution >= 0.6 is 0 Å². The van der Waals surface area contributed by atoms with Gasteiger partial charge in [-0.15, -0.1) is 0 Å². The maximum atomic E-state index is 12.5. The van der Waals surface area contributed by atoms with E-state index in [-0.39, 0.29) is 17.8 Å². The quantitative estimate of drug-likeness (QED) is 0.489. The lowest BCUT2D eigenvalue weighted by Gasteiger charge is -2.38. The van der Waals surface area contributed by atoms with Crippen molar-refractivity contribution in [2.45, 2.75) is 37.4 Å². The minimum atomic E-state index is -0.892. The average Bonchev–Trinajstić information content (AvgIpc) is 3.58. The molecule has 190 valence electrons. The molecule has 2 fully saturated rings. The number of amides is 1. The van der Waals surface area contributed by atoms with Crippen molar-refractivity contribution >= 4 is 23.0 Å². The molecule has 0 radical (unpaired) electrons. The van der Waals surface area contributed by atoms with Crippen molar-refractivity contribution in [3.8, 4) is 5.75 Å². The van der Waals surface area contributed by atoms with Crippen LogP contribution in [0.3, 0.4) is 0 Å². The van der Waals surface area contributed by atoms with Crippen LogP contribution in [0.4, 0.5) is 0 Å². The van der Waals surface area contributed by atoms with Crippen LogP contribution in [0.1, 0.15) is 47.4 Å². The van der Waals surface area contributed by atoms with E-state index in [0.717, 1.165) is 61.3 Å². The van der Waals surface area contributed by atoms with Gasteiger partial charge in [-0.25, -0.2) is 0 Å². The number of likely N-dealkylation sites (tertiary alicyclic amines) is 1. The zero-order valence-corrected chi connectivity index (χ0v) is 20.7. The number of benzene rings is 2. The van der Waals surface area contributed by atoms with Crippen molar-refractivity contribution < 1.29 is 23.8 Å². The van der Waals surface area contributed by atoms with Gasteiger partial charge in [0.25, 0.3) is 5.91 Å². The molecule has 2 saturated heterocycles. The van der Waals surface area contributed by atoms with Crippen LogP contribution in [-0.2, 0) is 10.3 Å². The fourth-order valence-electron chi connectivity index (χ4n) is 5.07. The number of para-hydroxylation sites is 1.